The fraction of sp³-hybridized carbons (Fsp3) is 0.115. The number of hydrogen-bond donors (Lipinski definition) is 4. The maximum Gasteiger partial charge on any atom is 0.297 e. The summed E-state index contributed by atoms with van der Waals surface area (Å²) in [6.45, 7) is 2.11. The smallest absolute Gasteiger partial charge is 0.297 e. The zero-order valence-corrected chi connectivity index (χ0v) is 23.5. The summed E-state index contributed by atoms with van der Waals surface area (Å²) in [7, 11) is -7.77. The van der Waals surface area contributed by atoms with Crippen LogP contribution in [0.3, 0.4) is 0 Å². The van der Waals surface area contributed by atoms with Gasteiger partial charge in [-0.15, -0.1) is 0 Å². The Kier molecular flexibility index (Phi) is 8.95. The van der Waals surface area contributed by atoms with E-state index in [-0.39, 0.29) is 39.6 Å². The Morgan fingerprint density at radius 2 is 1.39 bits per heavy atom. The van der Waals surface area contributed by atoms with Crippen molar-refractivity contribution >= 4 is 61.6 Å². The van der Waals surface area contributed by atoms with Gasteiger partial charge in [0.05, 0.1) is 12.3 Å². The minimum atomic E-state index is -4.82. The lowest BCUT2D eigenvalue weighted by atomic mass is 10.1. The maximum atomic E-state index is 12.5. The summed E-state index contributed by atoms with van der Waals surface area (Å²) in [6.07, 6.45) is 2.60. The second kappa shape index (κ2) is 12.4. The molecule has 0 saturated carbocycles. The molecule has 1 heterocycles. The Hall–Kier alpha value is -4.41. The van der Waals surface area contributed by atoms with Crippen molar-refractivity contribution in [2.75, 3.05) is 29.4 Å². The van der Waals surface area contributed by atoms with Gasteiger partial charge in [0, 0.05) is 12.7 Å². The first-order valence-electron chi connectivity index (χ1n) is 12.0. The minimum Gasteiger partial charge on any atom is -0.324 e. The number of hydrogen-bond acceptors (Lipinski definition) is 11. The first kappa shape index (κ1) is 29.6. The quantitative estimate of drug-likeness (QED) is 0.108. The van der Waals surface area contributed by atoms with Crippen molar-refractivity contribution in [2.45, 2.75) is 16.7 Å². The molecule has 0 aliphatic carbocycles. The molecular formula is C26H26N6O7S2. The van der Waals surface area contributed by atoms with E-state index in [4.69, 9.17) is 4.84 Å². The van der Waals surface area contributed by atoms with Gasteiger partial charge in [0.25, 0.3) is 26.2 Å². The number of anilines is 5. The Morgan fingerprint density at radius 1 is 0.780 bits per heavy atom. The Labute approximate surface area is 237 Å². The van der Waals surface area contributed by atoms with Gasteiger partial charge in [0.2, 0.25) is 11.9 Å². The zero-order chi connectivity index (χ0) is 29.6. The fourth-order valence-corrected chi connectivity index (χ4v) is 5.26. The van der Waals surface area contributed by atoms with E-state index in [1.165, 1.54) is 53.6 Å². The third-order valence-electron chi connectivity index (χ3n) is 5.45. The van der Waals surface area contributed by atoms with Gasteiger partial charge in [-0.2, -0.15) is 31.8 Å². The van der Waals surface area contributed by atoms with Crippen molar-refractivity contribution in [2.24, 2.45) is 0 Å². The highest BCUT2D eigenvalue weighted by atomic mass is 32.2. The molecule has 1 aromatic heterocycles. The van der Waals surface area contributed by atoms with Crippen LogP contribution in [0.1, 0.15) is 18.1 Å². The van der Waals surface area contributed by atoms with E-state index in [1.54, 1.807) is 32.2 Å². The van der Waals surface area contributed by atoms with E-state index in [2.05, 4.69) is 25.6 Å². The van der Waals surface area contributed by atoms with E-state index in [0.29, 0.717) is 12.3 Å². The van der Waals surface area contributed by atoms with Gasteiger partial charge in [-0.25, -0.2) is 5.06 Å². The molecule has 4 aromatic rings. The average molecular weight is 599 g/mol. The SMILES string of the molecule is CCON(C)c1nc(Nc2ccccc2)nc(Nc2cccc(C=Cc3ccccc3S(=O)(=O)O)c2S(=O)(=O)O)n1. The summed E-state index contributed by atoms with van der Waals surface area (Å²) < 4.78 is 68.2. The molecule has 0 spiro atoms. The van der Waals surface area contributed by atoms with Crippen LogP contribution in [0.15, 0.2) is 82.6 Å². The number of nitrogens with one attached hydrogen (secondary N) is 2. The van der Waals surface area contributed by atoms with Gasteiger partial charge in [0.15, 0.2) is 0 Å². The molecule has 4 N–H and O–H groups in total. The molecular weight excluding hydrogens is 572 g/mol. The molecule has 41 heavy (non-hydrogen) atoms. The molecule has 4 rings (SSSR count). The molecule has 15 heteroatoms. The van der Waals surface area contributed by atoms with Gasteiger partial charge in [-0.05, 0) is 42.3 Å². The molecule has 214 valence electrons. The third-order valence-corrected chi connectivity index (χ3v) is 7.35. The lowest BCUT2D eigenvalue weighted by Crippen LogP contribution is -2.21. The molecule has 13 nitrogen and oxygen atoms in total. The molecule has 0 radical (unpaired) electrons. The topological polar surface area (TPSA) is 184 Å². The van der Waals surface area contributed by atoms with Crippen LogP contribution in [0, 0.1) is 0 Å². The number of hydroxylamine groups is 1. The van der Waals surface area contributed by atoms with Gasteiger partial charge >= 0.3 is 0 Å². The number of nitrogens with zero attached hydrogens (tertiary/aromatic N) is 4. The first-order valence-corrected chi connectivity index (χ1v) is 14.9. The van der Waals surface area contributed by atoms with Crippen LogP contribution in [-0.2, 0) is 25.1 Å². The predicted molar refractivity (Wildman–Crippen MR) is 154 cm³/mol. The first-order chi connectivity index (χ1) is 19.5. The van der Waals surface area contributed by atoms with Crippen molar-refractivity contribution in [1.82, 2.24) is 15.0 Å². The molecule has 3 aromatic carbocycles. The van der Waals surface area contributed by atoms with Crippen molar-refractivity contribution < 1.29 is 30.8 Å². The lowest BCUT2D eigenvalue weighted by Gasteiger charge is -2.18. The van der Waals surface area contributed by atoms with E-state index in [9.17, 15) is 25.9 Å². The van der Waals surface area contributed by atoms with E-state index >= 15 is 0 Å². The van der Waals surface area contributed by atoms with Crippen LogP contribution >= 0.6 is 0 Å². The van der Waals surface area contributed by atoms with Crippen molar-refractivity contribution in [1.29, 1.82) is 0 Å². The normalized spacial score (nSPS) is 11.9. The largest absolute Gasteiger partial charge is 0.324 e. The number of aromatic nitrogens is 3. The lowest BCUT2D eigenvalue weighted by molar-refractivity contribution is 0.131. The summed E-state index contributed by atoms with van der Waals surface area (Å²) >= 11 is 0. The molecule has 0 fully saturated rings. The standard InChI is InChI=1S/C26H26N6O7S2/c1-3-39-32(2)26-30-24(27-20-12-5-4-6-13-20)29-25(31-26)28-21-14-9-11-19(23(21)41(36,37)38)17-16-18-10-7-8-15-22(18)40(33,34)35/h4-17H,3H2,1-2H3,(H,33,34,35)(H,36,37,38)(H2,27,28,29,30,31). The Morgan fingerprint density at radius 3 is 2.05 bits per heavy atom. The average Bonchev–Trinajstić information content (AvgIpc) is 2.91. The second-order valence-electron chi connectivity index (χ2n) is 8.36. The molecule has 0 unspecified atom stereocenters. The van der Waals surface area contributed by atoms with Crippen LogP contribution in [0.5, 0.6) is 0 Å². The summed E-state index contributed by atoms with van der Waals surface area (Å²) in [5.41, 5.74) is 0.739. The van der Waals surface area contributed by atoms with Crippen molar-refractivity contribution in [3.63, 3.8) is 0 Å². The van der Waals surface area contributed by atoms with Crippen molar-refractivity contribution in [3.05, 3.63) is 83.9 Å². The van der Waals surface area contributed by atoms with Crippen LogP contribution in [0.2, 0.25) is 0 Å². The molecule has 0 aliphatic heterocycles. The van der Waals surface area contributed by atoms with Crippen molar-refractivity contribution in [3.8, 4) is 0 Å². The van der Waals surface area contributed by atoms with E-state index in [0.717, 1.165) is 0 Å². The number of rotatable bonds is 11. The van der Waals surface area contributed by atoms with Crippen LogP contribution in [-0.4, -0.2) is 54.5 Å². The highest BCUT2D eigenvalue weighted by Gasteiger charge is 2.21. The van der Waals surface area contributed by atoms with Gasteiger partial charge in [-0.1, -0.05) is 60.7 Å². The summed E-state index contributed by atoms with van der Waals surface area (Å²) in [4.78, 5) is 17.6. The third kappa shape index (κ3) is 7.62. The molecule has 0 amide bonds. The van der Waals surface area contributed by atoms with Gasteiger partial charge in [-0.3, -0.25) is 13.9 Å². The minimum absolute atomic E-state index is 0.0194. The second-order valence-corrected chi connectivity index (χ2v) is 11.1. The van der Waals surface area contributed by atoms with E-state index < -0.39 is 25.1 Å². The summed E-state index contributed by atoms with van der Waals surface area (Å²) in [5.74, 6) is 0.165. The van der Waals surface area contributed by atoms with Gasteiger partial charge in [0.1, 0.15) is 9.79 Å². The highest BCUT2D eigenvalue weighted by molar-refractivity contribution is 7.86. The molecule has 0 aliphatic rings. The predicted octanol–water partition coefficient (Wildman–Crippen LogP) is 4.41. The van der Waals surface area contributed by atoms with Gasteiger partial charge < -0.3 is 10.6 Å². The van der Waals surface area contributed by atoms with Crippen LogP contribution in [0.25, 0.3) is 12.2 Å². The van der Waals surface area contributed by atoms with E-state index in [1.807, 2.05) is 18.2 Å². The fourth-order valence-electron chi connectivity index (χ4n) is 3.74. The molecule has 0 bridgehead atoms. The van der Waals surface area contributed by atoms with Crippen LogP contribution in [0.4, 0.5) is 29.2 Å². The summed E-state index contributed by atoms with van der Waals surface area (Å²) in [6, 6.07) is 19.0. The Bertz CT molecular complexity index is 1780. The number of benzene rings is 3. The molecule has 0 atom stereocenters. The maximum absolute atomic E-state index is 12.5. The number of para-hydroxylation sites is 1. The monoisotopic (exact) mass is 598 g/mol. The Balaban J connectivity index is 1.77. The summed E-state index contributed by atoms with van der Waals surface area (Å²) in [5, 5.41) is 7.19. The zero-order valence-electron chi connectivity index (χ0n) is 21.8. The highest BCUT2D eigenvalue weighted by Crippen LogP contribution is 2.30. The molecule has 0 saturated heterocycles. The van der Waals surface area contributed by atoms with Crippen LogP contribution < -0.4 is 15.7 Å².